The maximum Gasteiger partial charge on any atom is 0.138 e. The third-order valence-electron chi connectivity index (χ3n) is 5.16. The molecule has 4 nitrogen and oxygen atoms in total. The zero-order chi connectivity index (χ0) is 20.4. The Morgan fingerprint density at radius 3 is 2.17 bits per heavy atom. The molecule has 2 aromatic heterocycles. The van der Waals surface area contributed by atoms with Gasteiger partial charge in [-0.05, 0) is 46.2 Å². The Bertz CT molecular complexity index is 1120. The quantitative estimate of drug-likeness (QED) is 0.471. The molecule has 0 fully saturated rings. The van der Waals surface area contributed by atoms with Crippen LogP contribution in [-0.2, 0) is 5.41 Å². The summed E-state index contributed by atoms with van der Waals surface area (Å²) in [5.41, 5.74) is 3.97. The van der Waals surface area contributed by atoms with E-state index in [0.717, 1.165) is 33.4 Å². The van der Waals surface area contributed by atoms with E-state index in [1.165, 1.54) is 5.56 Å². The van der Waals surface area contributed by atoms with E-state index >= 15 is 0 Å². The first-order valence-corrected chi connectivity index (χ1v) is 9.77. The molecule has 0 radical (unpaired) electrons. The largest absolute Gasteiger partial charge is 0.384 e. The van der Waals surface area contributed by atoms with Gasteiger partial charge in [0, 0.05) is 35.2 Å². The minimum Gasteiger partial charge on any atom is -0.384 e. The van der Waals surface area contributed by atoms with E-state index in [-0.39, 0.29) is 5.41 Å². The molecule has 4 rings (SSSR count). The maximum absolute atomic E-state index is 10.9. The molecule has 0 bridgehead atoms. The summed E-state index contributed by atoms with van der Waals surface area (Å²) < 4.78 is 0. The first-order valence-electron chi connectivity index (χ1n) is 9.77. The lowest BCUT2D eigenvalue weighted by Crippen LogP contribution is -2.10. The second-order valence-corrected chi connectivity index (χ2v) is 8.24. The van der Waals surface area contributed by atoms with E-state index in [2.05, 4.69) is 60.3 Å². The highest BCUT2D eigenvalue weighted by Crippen LogP contribution is 2.33. The lowest BCUT2D eigenvalue weighted by molar-refractivity contribution is 0.221. The molecule has 2 heterocycles. The Morgan fingerprint density at radius 2 is 1.52 bits per heavy atom. The zero-order valence-corrected chi connectivity index (χ0v) is 16.9. The van der Waals surface area contributed by atoms with E-state index in [4.69, 9.17) is 0 Å². The van der Waals surface area contributed by atoms with Crippen molar-refractivity contribution in [1.29, 1.82) is 0 Å². The summed E-state index contributed by atoms with van der Waals surface area (Å²) in [6, 6.07) is 20.1. The Hall–Kier alpha value is -3.24. The van der Waals surface area contributed by atoms with Crippen LogP contribution in [0.15, 0.2) is 79.3 Å². The van der Waals surface area contributed by atoms with Gasteiger partial charge in [0.25, 0.3) is 0 Å². The predicted octanol–water partition coefficient (Wildman–Crippen LogP) is 5.75. The molecule has 0 aliphatic carbocycles. The van der Waals surface area contributed by atoms with Crippen LogP contribution >= 0.6 is 0 Å². The van der Waals surface area contributed by atoms with Crippen LogP contribution in [0, 0.1) is 0 Å². The fourth-order valence-electron chi connectivity index (χ4n) is 3.45. The fourth-order valence-corrected chi connectivity index (χ4v) is 3.45. The van der Waals surface area contributed by atoms with Crippen molar-refractivity contribution in [3.05, 3.63) is 95.9 Å². The number of aromatic nitrogens is 2. The summed E-state index contributed by atoms with van der Waals surface area (Å²) in [6.45, 7) is 6.62. The molecule has 146 valence electrons. The van der Waals surface area contributed by atoms with Gasteiger partial charge in [0.2, 0.25) is 0 Å². The molecule has 0 aliphatic heterocycles. The summed E-state index contributed by atoms with van der Waals surface area (Å²) >= 11 is 0. The van der Waals surface area contributed by atoms with Gasteiger partial charge in [-0.15, -0.1) is 0 Å². The molecule has 1 atom stereocenters. The highest BCUT2D eigenvalue weighted by molar-refractivity contribution is 5.95. The number of aliphatic hydroxyl groups excluding tert-OH is 1. The first-order chi connectivity index (χ1) is 13.9. The lowest BCUT2D eigenvalue weighted by Gasteiger charge is -2.20. The van der Waals surface area contributed by atoms with Crippen LogP contribution in [-0.4, -0.2) is 15.1 Å². The zero-order valence-electron chi connectivity index (χ0n) is 16.9. The van der Waals surface area contributed by atoms with Crippen molar-refractivity contribution >= 4 is 22.3 Å². The van der Waals surface area contributed by atoms with Crippen LogP contribution in [0.1, 0.15) is 43.6 Å². The van der Waals surface area contributed by atoms with Gasteiger partial charge in [0.1, 0.15) is 11.9 Å². The van der Waals surface area contributed by atoms with Crippen molar-refractivity contribution in [2.45, 2.75) is 32.3 Å². The number of hydrogen-bond donors (Lipinski definition) is 2. The Balaban J connectivity index is 1.70. The smallest absolute Gasteiger partial charge is 0.138 e. The summed E-state index contributed by atoms with van der Waals surface area (Å²) in [7, 11) is 0. The molecule has 0 spiro atoms. The van der Waals surface area contributed by atoms with Crippen LogP contribution in [0.25, 0.3) is 10.8 Å². The molecule has 4 heteroatoms. The minimum atomic E-state index is -0.754. The monoisotopic (exact) mass is 383 g/mol. The third-order valence-corrected chi connectivity index (χ3v) is 5.16. The van der Waals surface area contributed by atoms with Crippen LogP contribution in [0.3, 0.4) is 0 Å². The standard InChI is InChI=1S/C25H25N3O/c1-25(2,3)18-8-10-19(11-9-18)28-24-21-7-5-4-6-20(21)22(16-27-24)23(29)17-12-14-26-15-13-17/h4-16,23,29H,1-3H3,(H,27,28). The highest BCUT2D eigenvalue weighted by Gasteiger charge is 2.17. The average molecular weight is 383 g/mol. The van der Waals surface area contributed by atoms with Gasteiger partial charge in [-0.1, -0.05) is 57.2 Å². The normalized spacial score (nSPS) is 12.7. The Morgan fingerprint density at radius 1 is 0.862 bits per heavy atom. The van der Waals surface area contributed by atoms with Gasteiger partial charge >= 0.3 is 0 Å². The topological polar surface area (TPSA) is 58.0 Å². The van der Waals surface area contributed by atoms with Gasteiger partial charge in [-0.2, -0.15) is 0 Å². The minimum absolute atomic E-state index is 0.119. The van der Waals surface area contributed by atoms with E-state index in [1.807, 2.05) is 36.4 Å². The SMILES string of the molecule is CC(C)(C)c1ccc(Nc2ncc(C(O)c3ccncc3)c3ccccc23)cc1. The first kappa shape index (κ1) is 19.1. The molecular formula is C25H25N3O. The maximum atomic E-state index is 10.9. The van der Waals surface area contributed by atoms with Crippen LogP contribution in [0.5, 0.6) is 0 Å². The molecule has 4 aromatic rings. The molecule has 0 saturated carbocycles. The number of fused-ring (bicyclic) bond motifs is 1. The van der Waals surface area contributed by atoms with Gasteiger partial charge in [0.05, 0.1) is 0 Å². The molecular weight excluding hydrogens is 358 g/mol. The van der Waals surface area contributed by atoms with Gasteiger partial charge < -0.3 is 10.4 Å². The van der Waals surface area contributed by atoms with E-state index < -0.39 is 6.10 Å². The molecule has 2 N–H and O–H groups in total. The molecule has 0 amide bonds. The van der Waals surface area contributed by atoms with E-state index in [9.17, 15) is 5.11 Å². The second kappa shape index (κ2) is 7.64. The predicted molar refractivity (Wildman–Crippen MR) is 118 cm³/mol. The summed E-state index contributed by atoms with van der Waals surface area (Å²) in [6.07, 6.45) is 4.37. The Kier molecular flexibility index (Phi) is 5.03. The van der Waals surface area contributed by atoms with Crippen molar-refractivity contribution < 1.29 is 5.11 Å². The second-order valence-electron chi connectivity index (χ2n) is 8.24. The van der Waals surface area contributed by atoms with Crippen LogP contribution < -0.4 is 5.32 Å². The van der Waals surface area contributed by atoms with Crippen molar-refractivity contribution in [1.82, 2.24) is 9.97 Å². The number of benzene rings is 2. The number of anilines is 2. The Labute approximate surface area is 171 Å². The van der Waals surface area contributed by atoms with Crippen LogP contribution in [0.4, 0.5) is 11.5 Å². The molecule has 2 aromatic carbocycles. The van der Waals surface area contributed by atoms with E-state index in [1.54, 1.807) is 18.6 Å². The number of pyridine rings is 2. The van der Waals surface area contributed by atoms with Crippen molar-refractivity contribution in [2.75, 3.05) is 5.32 Å². The molecule has 1 unspecified atom stereocenters. The number of nitrogens with zero attached hydrogens (tertiary/aromatic N) is 2. The summed E-state index contributed by atoms with van der Waals surface area (Å²) in [5.74, 6) is 0.773. The van der Waals surface area contributed by atoms with Crippen molar-refractivity contribution in [3.63, 3.8) is 0 Å². The van der Waals surface area contributed by atoms with Crippen molar-refractivity contribution in [2.24, 2.45) is 0 Å². The van der Waals surface area contributed by atoms with Gasteiger partial charge in [-0.25, -0.2) is 4.98 Å². The number of nitrogens with one attached hydrogen (secondary N) is 1. The third kappa shape index (κ3) is 3.98. The van der Waals surface area contributed by atoms with Gasteiger partial charge in [0.15, 0.2) is 0 Å². The molecule has 29 heavy (non-hydrogen) atoms. The van der Waals surface area contributed by atoms with E-state index in [0.29, 0.717) is 0 Å². The number of rotatable bonds is 4. The number of hydrogen-bond acceptors (Lipinski definition) is 4. The van der Waals surface area contributed by atoms with Crippen LogP contribution in [0.2, 0.25) is 0 Å². The fraction of sp³-hybridized carbons (Fsp3) is 0.200. The summed E-state index contributed by atoms with van der Waals surface area (Å²) in [5, 5.41) is 16.3. The van der Waals surface area contributed by atoms with Crippen molar-refractivity contribution in [3.8, 4) is 0 Å². The number of aliphatic hydroxyl groups is 1. The average Bonchev–Trinajstić information content (AvgIpc) is 2.74. The molecule has 0 saturated heterocycles. The highest BCUT2D eigenvalue weighted by atomic mass is 16.3. The lowest BCUT2D eigenvalue weighted by atomic mass is 9.87. The molecule has 0 aliphatic rings. The summed E-state index contributed by atoms with van der Waals surface area (Å²) in [4.78, 5) is 8.66. The van der Waals surface area contributed by atoms with Gasteiger partial charge in [-0.3, -0.25) is 4.98 Å².